The third kappa shape index (κ3) is 3.62. The van der Waals surface area contributed by atoms with Crippen molar-refractivity contribution in [3.05, 3.63) is 47.4 Å². The van der Waals surface area contributed by atoms with Gasteiger partial charge in [0.1, 0.15) is 16.8 Å². The smallest absolute Gasteiger partial charge is 0.370 e. The maximum absolute atomic E-state index is 13.0. The van der Waals surface area contributed by atoms with Crippen LogP contribution in [0, 0.1) is 11.8 Å². The van der Waals surface area contributed by atoms with Gasteiger partial charge in [0.05, 0.1) is 0 Å². The number of rotatable bonds is 4. The minimum atomic E-state index is -4.55. The summed E-state index contributed by atoms with van der Waals surface area (Å²) in [7, 11) is 0. The average molecular weight is 437 g/mol. The quantitative estimate of drug-likeness (QED) is 0.627. The van der Waals surface area contributed by atoms with Crippen molar-refractivity contribution in [1.29, 1.82) is 0 Å². The summed E-state index contributed by atoms with van der Waals surface area (Å²) in [6.45, 7) is 0.848. The molecule has 2 aliphatic heterocycles. The molecule has 1 saturated heterocycles. The van der Waals surface area contributed by atoms with E-state index in [4.69, 9.17) is 0 Å². The number of fused-ring (bicyclic) bond motifs is 1. The van der Waals surface area contributed by atoms with Gasteiger partial charge in [-0.3, -0.25) is 14.5 Å². The van der Waals surface area contributed by atoms with Crippen molar-refractivity contribution in [3.8, 4) is 0 Å². The monoisotopic (exact) mass is 437 g/mol. The molecule has 0 radical (unpaired) electrons. The van der Waals surface area contributed by atoms with Gasteiger partial charge in [0, 0.05) is 43.6 Å². The Hall–Kier alpha value is -2.33. The molecule has 6 nitrogen and oxygen atoms in total. The number of carbonyl (C=O) groups excluding carboxylic acids is 1. The first-order valence-corrected chi connectivity index (χ1v) is 10.8. The van der Waals surface area contributed by atoms with Crippen LogP contribution in [0.5, 0.6) is 0 Å². The van der Waals surface area contributed by atoms with Crippen LogP contribution in [0.2, 0.25) is 0 Å². The summed E-state index contributed by atoms with van der Waals surface area (Å²) in [6.07, 6.45) is 1.31. The minimum absolute atomic E-state index is 0. The Morgan fingerprint density at radius 3 is 2.80 bits per heavy atom. The number of hydrogen-bond donors (Lipinski definition) is 3. The van der Waals surface area contributed by atoms with Crippen molar-refractivity contribution in [2.45, 2.75) is 36.7 Å². The standard InChI is InChI=1S/C20H20F3N5OS.H2/c21-20(22,23)14-9-11(3-6-24-14)27-19(29)17-15(10-1-2-10)16(28-30-17)12-4-7-25-18-13(12)5-8-26-18;/h3-4,6-7,9-10,15-17,28H,1-2,5,8H2,(H,25,26)(H,24,27,29);1H. The zero-order chi connectivity index (χ0) is 20.9. The van der Waals surface area contributed by atoms with Gasteiger partial charge in [-0.15, -0.1) is 0 Å². The fourth-order valence-electron chi connectivity index (χ4n) is 4.37. The molecule has 10 heteroatoms. The predicted octanol–water partition coefficient (Wildman–Crippen LogP) is 4.04. The van der Waals surface area contributed by atoms with Crippen molar-refractivity contribution in [3.63, 3.8) is 0 Å². The number of carbonyl (C=O) groups is 1. The van der Waals surface area contributed by atoms with Gasteiger partial charge in [-0.25, -0.2) is 4.98 Å². The summed E-state index contributed by atoms with van der Waals surface area (Å²) in [5.41, 5.74) is 1.43. The fraction of sp³-hybridized carbons (Fsp3) is 0.450. The Balaban J connectivity index is 0.00000231. The van der Waals surface area contributed by atoms with E-state index >= 15 is 0 Å². The average Bonchev–Trinajstić information content (AvgIpc) is 3.26. The molecule has 3 aliphatic rings. The third-order valence-corrected chi connectivity index (χ3v) is 7.07. The molecule has 0 aromatic carbocycles. The van der Waals surface area contributed by atoms with Crippen molar-refractivity contribution in [1.82, 2.24) is 14.7 Å². The second kappa shape index (κ2) is 7.42. The van der Waals surface area contributed by atoms with Crippen molar-refractivity contribution < 1.29 is 19.4 Å². The molecule has 3 unspecified atom stereocenters. The van der Waals surface area contributed by atoms with E-state index in [1.54, 1.807) is 6.20 Å². The van der Waals surface area contributed by atoms with E-state index in [2.05, 4.69) is 25.3 Å². The van der Waals surface area contributed by atoms with Gasteiger partial charge in [0.15, 0.2) is 0 Å². The number of alkyl halides is 3. The summed E-state index contributed by atoms with van der Waals surface area (Å²) in [6, 6.07) is 4.28. The lowest BCUT2D eigenvalue weighted by atomic mass is 9.84. The molecule has 5 rings (SSSR count). The fourth-order valence-corrected chi connectivity index (χ4v) is 5.65. The summed E-state index contributed by atoms with van der Waals surface area (Å²) in [4.78, 5) is 20.8. The highest BCUT2D eigenvalue weighted by atomic mass is 32.2. The maximum Gasteiger partial charge on any atom is 0.433 e. The van der Waals surface area contributed by atoms with Crippen molar-refractivity contribution in [2.75, 3.05) is 17.2 Å². The summed E-state index contributed by atoms with van der Waals surface area (Å²) in [5, 5.41) is 5.57. The maximum atomic E-state index is 13.0. The number of halogens is 3. The zero-order valence-electron chi connectivity index (χ0n) is 15.9. The molecular weight excluding hydrogens is 415 g/mol. The predicted molar refractivity (Wildman–Crippen MR) is 110 cm³/mol. The van der Waals surface area contributed by atoms with E-state index in [9.17, 15) is 18.0 Å². The van der Waals surface area contributed by atoms with Crippen LogP contribution in [-0.2, 0) is 17.4 Å². The van der Waals surface area contributed by atoms with Crippen molar-refractivity contribution in [2.24, 2.45) is 11.8 Å². The van der Waals surface area contributed by atoms with E-state index < -0.39 is 11.9 Å². The molecule has 4 heterocycles. The van der Waals surface area contributed by atoms with Gasteiger partial charge >= 0.3 is 6.18 Å². The second-order valence-corrected chi connectivity index (χ2v) is 8.85. The molecule has 2 aromatic rings. The molecule has 1 aliphatic carbocycles. The van der Waals surface area contributed by atoms with Crippen LogP contribution >= 0.6 is 11.9 Å². The molecule has 160 valence electrons. The number of pyridine rings is 2. The lowest BCUT2D eigenvalue weighted by Gasteiger charge is -2.24. The highest BCUT2D eigenvalue weighted by Gasteiger charge is 2.50. The normalized spacial score (nSPS) is 25.6. The first-order chi connectivity index (χ1) is 14.4. The van der Waals surface area contributed by atoms with Crippen LogP contribution in [0.1, 0.15) is 37.1 Å². The van der Waals surface area contributed by atoms with Crippen LogP contribution in [0.15, 0.2) is 30.6 Å². The minimum Gasteiger partial charge on any atom is -0.370 e. The molecule has 1 saturated carbocycles. The van der Waals surface area contributed by atoms with E-state index in [1.165, 1.54) is 23.6 Å². The molecule has 0 spiro atoms. The van der Waals surface area contributed by atoms with Gasteiger partial charge in [-0.1, -0.05) is 11.9 Å². The largest absolute Gasteiger partial charge is 0.433 e. The number of nitrogens with zero attached hydrogens (tertiary/aromatic N) is 2. The Morgan fingerprint density at radius 1 is 1.23 bits per heavy atom. The Morgan fingerprint density at radius 2 is 2.03 bits per heavy atom. The van der Waals surface area contributed by atoms with Crippen LogP contribution < -0.4 is 15.4 Å². The number of amides is 1. The van der Waals surface area contributed by atoms with E-state index in [0.29, 0.717) is 5.92 Å². The van der Waals surface area contributed by atoms with Crippen LogP contribution in [0.4, 0.5) is 24.7 Å². The van der Waals surface area contributed by atoms with Crippen LogP contribution in [0.25, 0.3) is 0 Å². The number of hydrogen-bond acceptors (Lipinski definition) is 6. The van der Waals surface area contributed by atoms with Crippen LogP contribution in [-0.4, -0.2) is 27.7 Å². The Labute approximate surface area is 177 Å². The lowest BCUT2D eigenvalue weighted by Crippen LogP contribution is -2.32. The zero-order valence-corrected chi connectivity index (χ0v) is 16.7. The van der Waals surface area contributed by atoms with Crippen LogP contribution in [0.3, 0.4) is 0 Å². The molecule has 2 fully saturated rings. The first kappa shape index (κ1) is 19.6. The molecule has 30 heavy (non-hydrogen) atoms. The van der Waals surface area contributed by atoms with Gasteiger partial charge in [-0.2, -0.15) is 13.2 Å². The molecule has 1 amide bonds. The van der Waals surface area contributed by atoms with E-state index in [-0.39, 0.29) is 30.2 Å². The molecule has 3 N–H and O–H groups in total. The Bertz CT molecular complexity index is 988. The number of nitrogens with one attached hydrogen (secondary N) is 3. The first-order valence-electron chi connectivity index (χ1n) is 9.89. The molecule has 3 atom stereocenters. The second-order valence-electron chi connectivity index (χ2n) is 7.87. The van der Waals surface area contributed by atoms with Crippen molar-refractivity contribution >= 4 is 29.4 Å². The van der Waals surface area contributed by atoms with E-state index in [0.717, 1.165) is 49.5 Å². The SMILES string of the molecule is O=C(Nc1ccnc(C(F)(F)F)c1)C1SNC(c2ccnc3c2CCN3)C1C1CC1.[HH]. The highest BCUT2D eigenvalue weighted by Crippen LogP contribution is 2.52. The van der Waals surface area contributed by atoms with Gasteiger partial charge in [0.25, 0.3) is 0 Å². The van der Waals surface area contributed by atoms with Gasteiger partial charge < -0.3 is 10.6 Å². The highest BCUT2D eigenvalue weighted by molar-refractivity contribution is 7.99. The number of aromatic nitrogens is 2. The van der Waals surface area contributed by atoms with Gasteiger partial charge in [-0.05, 0) is 48.9 Å². The van der Waals surface area contributed by atoms with E-state index in [1.807, 2.05) is 6.07 Å². The lowest BCUT2D eigenvalue weighted by molar-refractivity contribution is -0.141. The number of anilines is 2. The molecular formula is C20H22F3N5OS. The molecule has 2 aromatic heterocycles. The topological polar surface area (TPSA) is 78.9 Å². The summed E-state index contributed by atoms with van der Waals surface area (Å²) < 4.78 is 42.2. The summed E-state index contributed by atoms with van der Waals surface area (Å²) in [5.74, 6) is 1.12. The molecule has 0 bridgehead atoms. The Kier molecular flexibility index (Phi) is 4.85. The third-order valence-electron chi connectivity index (χ3n) is 5.89. The summed E-state index contributed by atoms with van der Waals surface area (Å²) >= 11 is 1.36. The van der Waals surface area contributed by atoms with Gasteiger partial charge in [0.2, 0.25) is 5.91 Å².